The molecule has 2 heterocycles. The zero-order chi connectivity index (χ0) is 20.7. The molecule has 2 atom stereocenters. The van der Waals surface area contributed by atoms with Gasteiger partial charge in [0, 0.05) is 20.2 Å². The van der Waals surface area contributed by atoms with Gasteiger partial charge in [-0.25, -0.2) is 0 Å². The van der Waals surface area contributed by atoms with Crippen molar-refractivity contribution in [3.63, 3.8) is 0 Å². The predicted octanol–water partition coefficient (Wildman–Crippen LogP) is 3.69. The van der Waals surface area contributed by atoms with Crippen molar-refractivity contribution in [2.24, 2.45) is 0 Å². The Morgan fingerprint density at radius 2 is 0.967 bits per heavy atom. The minimum atomic E-state index is -0.335. The number of allylic oxidation sites excluding steroid dienone is 2. The minimum Gasteiger partial charge on any atom is -0.285 e. The van der Waals surface area contributed by atoms with Crippen molar-refractivity contribution < 1.29 is 0 Å². The third-order valence-electron chi connectivity index (χ3n) is 6.68. The van der Waals surface area contributed by atoms with E-state index in [9.17, 15) is 9.59 Å². The fourth-order valence-corrected chi connectivity index (χ4v) is 8.01. The van der Waals surface area contributed by atoms with Crippen molar-refractivity contribution >= 4 is 44.5 Å². The average Bonchev–Trinajstić information content (AvgIpc) is 3.32. The van der Waals surface area contributed by atoms with Crippen LogP contribution in [-0.4, -0.2) is 9.49 Å². The van der Waals surface area contributed by atoms with Gasteiger partial charge in [0.1, 0.15) is 0 Å². The zero-order valence-corrected chi connectivity index (χ0v) is 18.2. The number of hydrogen-bond donors (Lipinski definition) is 0. The lowest BCUT2D eigenvalue weighted by Crippen LogP contribution is -2.71. The van der Waals surface area contributed by atoms with Crippen LogP contribution in [0.5, 0.6) is 0 Å². The molecule has 0 amide bonds. The molecule has 0 fully saturated rings. The molecule has 0 radical (unpaired) electrons. The van der Waals surface area contributed by atoms with E-state index < -0.39 is 0 Å². The third-order valence-corrected chi connectivity index (χ3v) is 10.0. The monoisotopic (exact) mass is 426 g/mol. The Balaban J connectivity index is 1.64. The van der Waals surface area contributed by atoms with Crippen molar-refractivity contribution in [1.29, 1.82) is 0 Å². The predicted molar refractivity (Wildman–Crippen MR) is 128 cm³/mol. The fourth-order valence-electron chi connectivity index (χ4n) is 4.87. The van der Waals surface area contributed by atoms with E-state index in [1.807, 2.05) is 59.9 Å². The summed E-state index contributed by atoms with van der Waals surface area (Å²) in [6.45, 7) is 4.46. The van der Waals surface area contributed by atoms with Crippen molar-refractivity contribution in [3.8, 4) is 0 Å². The molecule has 0 aromatic heterocycles. The topological polar surface area (TPSA) is 34.1 Å². The lowest BCUT2D eigenvalue weighted by molar-refractivity contribution is 0.685. The Labute approximate surface area is 182 Å². The number of thioether (sulfide) groups is 2. The van der Waals surface area contributed by atoms with E-state index in [4.69, 9.17) is 0 Å². The van der Waals surface area contributed by atoms with Crippen molar-refractivity contribution in [1.82, 2.24) is 0 Å². The van der Waals surface area contributed by atoms with E-state index in [-0.39, 0.29) is 20.4 Å². The Kier molecular flexibility index (Phi) is 3.64. The standard InChI is InChI=1S/C26H18O2S2/c1-25-17(13-19(29-25)15-9-5-3-6-10-15)21-22(24(28)23(21)27)18-14-20(30-26(18,25)2)16-11-7-4-8-12-16/h3-14H,1-2H3/t25-,26-/m1/s1. The Hall–Kier alpha value is -2.56. The van der Waals surface area contributed by atoms with Crippen molar-refractivity contribution in [2.45, 2.75) is 23.3 Å². The Morgan fingerprint density at radius 1 is 0.600 bits per heavy atom. The SMILES string of the molecule is C[C@@]12SC(c3ccccc3)=CC1=c1c(=O)c(=O)c1=C1C=C(c3ccccc3)S[C@]12C. The van der Waals surface area contributed by atoms with Gasteiger partial charge in [-0.3, -0.25) is 9.59 Å². The van der Waals surface area contributed by atoms with Gasteiger partial charge in [-0.05, 0) is 48.3 Å². The van der Waals surface area contributed by atoms with E-state index in [2.05, 4.69) is 50.3 Å². The minimum absolute atomic E-state index is 0.333. The van der Waals surface area contributed by atoms with Crippen molar-refractivity contribution in [2.75, 3.05) is 0 Å². The molecule has 0 unspecified atom stereocenters. The van der Waals surface area contributed by atoms with Crippen LogP contribution in [0.1, 0.15) is 25.0 Å². The molecule has 3 aliphatic rings. The largest absolute Gasteiger partial charge is 0.285 e. The highest BCUT2D eigenvalue weighted by molar-refractivity contribution is 8.14. The van der Waals surface area contributed by atoms with Crippen LogP contribution < -0.4 is 21.3 Å². The van der Waals surface area contributed by atoms with Crippen LogP contribution in [0.15, 0.2) is 82.4 Å². The summed E-state index contributed by atoms with van der Waals surface area (Å²) >= 11 is 3.63. The molecule has 6 rings (SSSR count). The second-order valence-electron chi connectivity index (χ2n) is 8.26. The van der Waals surface area contributed by atoms with Crippen LogP contribution in [0, 0.1) is 0 Å². The van der Waals surface area contributed by atoms with E-state index in [1.165, 1.54) is 0 Å². The van der Waals surface area contributed by atoms with Gasteiger partial charge in [0.2, 0.25) is 10.9 Å². The summed E-state index contributed by atoms with van der Waals surface area (Å²) in [7, 11) is 0. The van der Waals surface area contributed by atoms with E-state index in [1.54, 1.807) is 0 Å². The molecule has 0 saturated heterocycles. The van der Waals surface area contributed by atoms with Crippen LogP contribution in [0.2, 0.25) is 0 Å². The summed E-state index contributed by atoms with van der Waals surface area (Å²) in [4.78, 5) is 27.6. The molecule has 1 aliphatic carbocycles. The highest BCUT2D eigenvalue weighted by atomic mass is 32.2. The van der Waals surface area contributed by atoms with Gasteiger partial charge in [0.05, 0.1) is 9.49 Å². The molecule has 2 nitrogen and oxygen atoms in total. The molecular weight excluding hydrogens is 408 g/mol. The summed E-state index contributed by atoms with van der Waals surface area (Å²) in [6, 6.07) is 20.6. The highest BCUT2D eigenvalue weighted by Crippen LogP contribution is 2.66. The molecule has 30 heavy (non-hydrogen) atoms. The Morgan fingerprint density at radius 3 is 1.33 bits per heavy atom. The molecule has 0 bridgehead atoms. The molecular formula is C26H18O2S2. The molecule has 146 valence electrons. The zero-order valence-electron chi connectivity index (χ0n) is 16.6. The lowest BCUT2D eigenvalue weighted by Gasteiger charge is -2.45. The molecule has 0 saturated carbocycles. The molecule has 4 heteroatoms. The van der Waals surface area contributed by atoms with E-state index in [0.717, 1.165) is 32.1 Å². The van der Waals surface area contributed by atoms with Crippen LogP contribution in [0.25, 0.3) is 21.0 Å². The summed E-state index contributed by atoms with van der Waals surface area (Å²) in [5.41, 5.74) is 3.64. The van der Waals surface area contributed by atoms with Crippen LogP contribution in [0.3, 0.4) is 0 Å². The second-order valence-corrected chi connectivity index (χ2v) is 11.2. The van der Waals surface area contributed by atoms with Gasteiger partial charge in [0.25, 0.3) is 0 Å². The maximum atomic E-state index is 12.7. The number of rotatable bonds is 2. The quantitative estimate of drug-likeness (QED) is 0.586. The summed E-state index contributed by atoms with van der Waals surface area (Å²) in [5.74, 6) is 0. The van der Waals surface area contributed by atoms with Crippen molar-refractivity contribution in [3.05, 3.63) is 115 Å². The second kappa shape index (κ2) is 5.99. The van der Waals surface area contributed by atoms with Crippen LogP contribution in [-0.2, 0) is 0 Å². The highest BCUT2D eigenvalue weighted by Gasteiger charge is 2.58. The van der Waals surface area contributed by atoms with Gasteiger partial charge in [-0.15, -0.1) is 23.5 Å². The van der Waals surface area contributed by atoms with Crippen LogP contribution in [0.4, 0.5) is 0 Å². The van der Waals surface area contributed by atoms with E-state index in [0.29, 0.717) is 10.4 Å². The molecule has 0 N–H and O–H groups in total. The molecule has 0 spiro atoms. The molecule has 3 aromatic rings. The first-order valence-corrected chi connectivity index (χ1v) is 11.6. The van der Waals surface area contributed by atoms with Gasteiger partial charge < -0.3 is 0 Å². The van der Waals surface area contributed by atoms with Gasteiger partial charge in [-0.1, -0.05) is 60.7 Å². The number of benzene rings is 2. The van der Waals surface area contributed by atoms with E-state index >= 15 is 0 Å². The lowest BCUT2D eigenvalue weighted by atomic mass is 9.74. The first kappa shape index (κ1) is 18.2. The fraction of sp³-hybridized carbons (Fsp3) is 0.154. The maximum Gasteiger partial charge on any atom is 0.234 e. The third kappa shape index (κ3) is 2.13. The smallest absolute Gasteiger partial charge is 0.234 e. The summed E-state index contributed by atoms with van der Waals surface area (Å²) in [5, 5.41) is 1.28. The maximum absolute atomic E-state index is 12.7. The summed E-state index contributed by atoms with van der Waals surface area (Å²) < 4.78 is -0.666. The average molecular weight is 427 g/mol. The van der Waals surface area contributed by atoms with Gasteiger partial charge in [-0.2, -0.15) is 0 Å². The number of fused-ring (bicyclic) bond motifs is 4. The normalized spacial score (nSPS) is 26.9. The summed E-state index contributed by atoms with van der Waals surface area (Å²) in [6.07, 6.45) is 4.28. The van der Waals surface area contributed by atoms with Gasteiger partial charge >= 0.3 is 0 Å². The first-order chi connectivity index (χ1) is 14.4. The first-order valence-electron chi connectivity index (χ1n) is 9.95. The van der Waals surface area contributed by atoms with Crippen LogP contribution >= 0.6 is 23.5 Å². The molecule has 2 aliphatic heterocycles. The molecule has 3 aromatic carbocycles. The van der Waals surface area contributed by atoms with Gasteiger partial charge in [0.15, 0.2) is 0 Å². The number of hydrogen-bond acceptors (Lipinski definition) is 4. The Bertz CT molecular complexity index is 1370.